The number of ether oxygens (including phenoxy) is 1. The molecule has 0 saturated heterocycles. The minimum Gasteiger partial charge on any atom is -0.483 e. The molecule has 1 atom stereocenters. The van der Waals surface area contributed by atoms with Crippen LogP contribution in [0.2, 0.25) is 0 Å². The van der Waals surface area contributed by atoms with Gasteiger partial charge in [-0.3, -0.25) is 4.79 Å². The first-order valence-corrected chi connectivity index (χ1v) is 6.49. The van der Waals surface area contributed by atoms with Crippen molar-refractivity contribution in [3.05, 3.63) is 29.3 Å². The molecule has 0 spiro atoms. The highest BCUT2D eigenvalue weighted by atomic mass is 16.5. The third-order valence-corrected chi connectivity index (χ3v) is 2.81. The number of carbonyl (C=O) groups excluding carboxylic acids is 1. The summed E-state index contributed by atoms with van der Waals surface area (Å²) >= 11 is 0. The largest absolute Gasteiger partial charge is 0.483 e. The molecule has 0 fully saturated rings. The van der Waals surface area contributed by atoms with Gasteiger partial charge in [0.1, 0.15) is 5.75 Å². The summed E-state index contributed by atoms with van der Waals surface area (Å²) in [6.45, 7) is 5.91. The van der Waals surface area contributed by atoms with Crippen molar-refractivity contribution in [2.45, 2.75) is 39.7 Å². The molecule has 1 unspecified atom stereocenters. The maximum Gasteiger partial charge on any atom is 0.258 e. The van der Waals surface area contributed by atoms with E-state index in [1.165, 1.54) is 0 Å². The molecule has 0 radical (unpaired) electrons. The maximum atomic E-state index is 11.7. The summed E-state index contributed by atoms with van der Waals surface area (Å²) in [5, 5.41) is 11.7. The zero-order chi connectivity index (χ0) is 14.3. The van der Waals surface area contributed by atoms with Crippen molar-refractivity contribution >= 4 is 5.91 Å². The summed E-state index contributed by atoms with van der Waals surface area (Å²) in [7, 11) is 0. The van der Waals surface area contributed by atoms with E-state index in [9.17, 15) is 4.79 Å². The van der Waals surface area contributed by atoms with Gasteiger partial charge in [-0.1, -0.05) is 19.4 Å². The first kappa shape index (κ1) is 15.0. The van der Waals surface area contributed by atoms with Crippen LogP contribution in [0.5, 0.6) is 5.75 Å². The zero-order valence-electron chi connectivity index (χ0n) is 11.7. The van der Waals surface area contributed by atoms with Gasteiger partial charge in [0.2, 0.25) is 0 Å². The van der Waals surface area contributed by atoms with Gasteiger partial charge in [0.25, 0.3) is 5.91 Å². The number of nitrogens with zero attached hydrogens (tertiary/aromatic N) is 1. The Morgan fingerprint density at radius 1 is 1.53 bits per heavy atom. The highest BCUT2D eigenvalue weighted by Gasteiger charge is 2.08. The molecule has 1 aromatic carbocycles. The number of aryl methyl sites for hydroxylation is 1. The lowest BCUT2D eigenvalue weighted by Gasteiger charge is -2.14. The summed E-state index contributed by atoms with van der Waals surface area (Å²) in [4.78, 5) is 11.7. The molecule has 0 aromatic heterocycles. The molecule has 0 heterocycles. The molecule has 19 heavy (non-hydrogen) atoms. The predicted molar refractivity (Wildman–Crippen MR) is 73.9 cm³/mol. The lowest BCUT2D eigenvalue weighted by Crippen LogP contribution is -2.36. The van der Waals surface area contributed by atoms with Crippen LogP contribution in [0.1, 0.15) is 37.8 Å². The number of benzene rings is 1. The molecule has 102 valence electrons. The average Bonchev–Trinajstić information content (AvgIpc) is 2.38. The highest BCUT2D eigenvalue weighted by molar-refractivity contribution is 5.77. The first-order chi connectivity index (χ1) is 9.06. The number of rotatable bonds is 6. The van der Waals surface area contributed by atoms with E-state index in [0.29, 0.717) is 11.3 Å². The number of hydrogen-bond donors (Lipinski definition) is 1. The molecule has 1 amide bonds. The summed E-state index contributed by atoms with van der Waals surface area (Å²) in [6.07, 6.45) is 1.99. The van der Waals surface area contributed by atoms with Crippen LogP contribution in [0.25, 0.3) is 0 Å². The molecule has 0 aliphatic rings. The second-order valence-electron chi connectivity index (χ2n) is 4.64. The van der Waals surface area contributed by atoms with Crippen LogP contribution in [-0.2, 0) is 4.79 Å². The smallest absolute Gasteiger partial charge is 0.258 e. The van der Waals surface area contributed by atoms with Crippen LogP contribution in [0.15, 0.2) is 18.2 Å². The Hall–Kier alpha value is -2.02. The van der Waals surface area contributed by atoms with Crippen molar-refractivity contribution in [1.82, 2.24) is 5.32 Å². The van der Waals surface area contributed by atoms with Crippen LogP contribution < -0.4 is 10.1 Å². The third-order valence-electron chi connectivity index (χ3n) is 2.81. The van der Waals surface area contributed by atoms with Crippen molar-refractivity contribution in [1.29, 1.82) is 5.26 Å². The minimum absolute atomic E-state index is 0.0240. The summed E-state index contributed by atoms with van der Waals surface area (Å²) in [6, 6.07) is 7.40. The maximum absolute atomic E-state index is 11.7. The second-order valence-corrected chi connectivity index (χ2v) is 4.64. The Morgan fingerprint density at radius 3 is 2.89 bits per heavy atom. The van der Waals surface area contributed by atoms with E-state index in [-0.39, 0.29) is 18.6 Å². The van der Waals surface area contributed by atoms with Crippen molar-refractivity contribution in [3.63, 3.8) is 0 Å². The Kier molecular flexibility index (Phi) is 5.87. The number of nitriles is 1. The molecule has 0 aliphatic heterocycles. The van der Waals surface area contributed by atoms with E-state index >= 15 is 0 Å². The van der Waals surface area contributed by atoms with Gasteiger partial charge < -0.3 is 10.1 Å². The molecule has 0 aliphatic carbocycles. The molecule has 4 heteroatoms. The summed E-state index contributed by atoms with van der Waals surface area (Å²) in [5.74, 6) is 0.444. The predicted octanol–water partition coefficient (Wildman–Crippen LogP) is 2.55. The van der Waals surface area contributed by atoms with Crippen LogP contribution in [0, 0.1) is 18.3 Å². The van der Waals surface area contributed by atoms with E-state index in [2.05, 4.69) is 18.3 Å². The first-order valence-electron chi connectivity index (χ1n) is 6.49. The van der Waals surface area contributed by atoms with E-state index in [1.54, 1.807) is 12.1 Å². The van der Waals surface area contributed by atoms with Gasteiger partial charge in [0.05, 0.1) is 11.6 Å². The van der Waals surface area contributed by atoms with Gasteiger partial charge in [0.15, 0.2) is 6.61 Å². The second kappa shape index (κ2) is 7.42. The van der Waals surface area contributed by atoms with Crippen molar-refractivity contribution in [2.75, 3.05) is 6.61 Å². The fraction of sp³-hybridized carbons (Fsp3) is 0.467. The molecular weight excluding hydrogens is 240 g/mol. The third kappa shape index (κ3) is 5.01. The van der Waals surface area contributed by atoms with Gasteiger partial charge in [-0.05, 0) is 38.0 Å². The molecule has 1 aromatic rings. The minimum atomic E-state index is -0.136. The summed E-state index contributed by atoms with van der Waals surface area (Å²) < 4.78 is 5.46. The fourth-order valence-corrected chi connectivity index (χ4v) is 1.79. The molecular formula is C15H20N2O2. The fourth-order valence-electron chi connectivity index (χ4n) is 1.79. The van der Waals surface area contributed by atoms with E-state index in [4.69, 9.17) is 10.00 Å². The topological polar surface area (TPSA) is 62.1 Å². The Balaban J connectivity index is 2.53. The molecule has 1 N–H and O–H groups in total. The van der Waals surface area contributed by atoms with Gasteiger partial charge in [0, 0.05) is 6.04 Å². The monoisotopic (exact) mass is 260 g/mol. The Bertz CT molecular complexity index is 478. The Morgan fingerprint density at radius 2 is 2.26 bits per heavy atom. The van der Waals surface area contributed by atoms with Crippen LogP contribution in [0.4, 0.5) is 0 Å². The number of nitrogens with one attached hydrogen (secondary N) is 1. The van der Waals surface area contributed by atoms with Gasteiger partial charge >= 0.3 is 0 Å². The lowest BCUT2D eigenvalue weighted by atomic mass is 10.1. The van der Waals surface area contributed by atoms with Gasteiger partial charge in [-0.2, -0.15) is 5.26 Å². The number of hydrogen-bond acceptors (Lipinski definition) is 3. The van der Waals surface area contributed by atoms with Gasteiger partial charge in [-0.25, -0.2) is 0 Å². The average molecular weight is 260 g/mol. The Labute approximate surface area is 114 Å². The standard InChI is InChI=1S/C15H20N2O2/c1-4-5-12(3)17-15(18)10-19-14-8-13(9-16)7-6-11(14)2/h6-8,12H,4-5,10H2,1-3H3,(H,17,18). The summed E-state index contributed by atoms with van der Waals surface area (Å²) in [5.41, 5.74) is 1.44. The molecule has 1 rings (SSSR count). The van der Waals surface area contributed by atoms with Crippen LogP contribution in [0.3, 0.4) is 0 Å². The number of amides is 1. The zero-order valence-corrected chi connectivity index (χ0v) is 11.7. The number of carbonyl (C=O) groups is 1. The van der Waals surface area contributed by atoms with Crippen LogP contribution >= 0.6 is 0 Å². The molecule has 0 bridgehead atoms. The SMILES string of the molecule is CCCC(C)NC(=O)COc1cc(C#N)ccc1C. The quantitative estimate of drug-likeness (QED) is 0.855. The van der Waals surface area contributed by atoms with E-state index < -0.39 is 0 Å². The normalized spacial score (nSPS) is 11.5. The van der Waals surface area contributed by atoms with Crippen LogP contribution in [-0.4, -0.2) is 18.6 Å². The van der Waals surface area contributed by atoms with E-state index in [0.717, 1.165) is 18.4 Å². The van der Waals surface area contributed by atoms with E-state index in [1.807, 2.05) is 19.9 Å². The van der Waals surface area contributed by atoms with Crippen molar-refractivity contribution < 1.29 is 9.53 Å². The highest BCUT2D eigenvalue weighted by Crippen LogP contribution is 2.18. The molecule has 4 nitrogen and oxygen atoms in total. The molecule has 0 saturated carbocycles. The van der Waals surface area contributed by atoms with Crippen molar-refractivity contribution in [3.8, 4) is 11.8 Å². The van der Waals surface area contributed by atoms with Gasteiger partial charge in [-0.15, -0.1) is 0 Å². The van der Waals surface area contributed by atoms with Crippen molar-refractivity contribution in [2.24, 2.45) is 0 Å². The lowest BCUT2D eigenvalue weighted by molar-refractivity contribution is -0.123.